The molecule has 0 aromatic heterocycles. The zero-order valence-electron chi connectivity index (χ0n) is 13.1. The number of carbonyl (C=O) groups excluding carboxylic acids is 1. The molecule has 3 heteroatoms. The van der Waals surface area contributed by atoms with Gasteiger partial charge >= 0.3 is 5.97 Å². The van der Waals surface area contributed by atoms with Crippen LogP contribution in [0.4, 0.5) is 0 Å². The van der Waals surface area contributed by atoms with Crippen LogP contribution in [0.5, 0.6) is 0 Å². The van der Waals surface area contributed by atoms with E-state index in [2.05, 4.69) is 45.8 Å². The lowest BCUT2D eigenvalue weighted by Gasteiger charge is -2.39. The van der Waals surface area contributed by atoms with Gasteiger partial charge in [0.25, 0.3) is 0 Å². The van der Waals surface area contributed by atoms with E-state index in [1.54, 1.807) is 0 Å². The highest BCUT2D eigenvalue weighted by Crippen LogP contribution is 2.50. The molecule has 1 aliphatic carbocycles. The molecule has 0 radical (unpaired) electrons. The molecule has 0 aromatic rings. The second-order valence-electron chi connectivity index (χ2n) is 7.16. The molecule has 0 aromatic carbocycles. The Morgan fingerprint density at radius 3 is 2.55 bits per heavy atom. The SMILES string of the molecule is C=CC1=CC[C@H]([Si](C)(C)C)[C@@H]2OC(=O)[C@@H](C(C)C=C)[C@H]12. The number of rotatable bonds is 4. The molecular weight excluding hydrogens is 264 g/mol. The summed E-state index contributed by atoms with van der Waals surface area (Å²) in [6.07, 6.45) is 7.11. The molecule has 0 bridgehead atoms. The first-order chi connectivity index (χ1) is 9.31. The molecule has 0 saturated carbocycles. The van der Waals surface area contributed by atoms with Crippen LogP contribution >= 0.6 is 0 Å². The average molecular weight is 290 g/mol. The molecule has 1 aliphatic heterocycles. The number of ether oxygens (including phenoxy) is 1. The van der Waals surface area contributed by atoms with Crippen molar-refractivity contribution in [1.82, 2.24) is 0 Å². The molecule has 0 spiro atoms. The van der Waals surface area contributed by atoms with E-state index in [-0.39, 0.29) is 29.8 Å². The molecule has 2 aliphatic rings. The van der Waals surface area contributed by atoms with E-state index in [1.165, 1.54) is 5.57 Å². The lowest BCUT2D eigenvalue weighted by atomic mass is 9.73. The predicted octanol–water partition coefficient (Wildman–Crippen LogP) is 4.19. The summed E-state index contributed by atoms with van der Waals surface area (Å²) in [5, 5.41) is 0. The van der Waals surface area contributed by atoms with E-state index >= 15 is 0 Å². The predicted molar refractivity (Wildman–Crippen MR) is 86.2 cm³/mol. The van der Waals surface area contributed by atoms with Crippen LogP contribution in [0.15, 0.2) is 37.0 Å². The van der Waals surface area contributed by atoms with E-state index in [4.69, 9.17) is 4.74 Å². The van der Waals surface area contributed by atoms with Crippen molar-refractivity contribution >= 4 is 14.0 Å². The van der Waals surface area contributed by atoms with Crippen LogP contribution in [-0.4, -0.2) is 20.1 Å². The van der Waals surface area contributed by atoms with Crippen molar-refractivity contribution in [2.75, 3.05) is 0 Å². The Balaban J connectivity index is 2.43. The van der Waals surface area contributed by atoms with E-state index < -0.39 is 8.07 Å². The number of fused-ring (bicyclic) bond motifs is 1. The van der Waals surface area contributed by atoms with Gasteiger partial charge in [-0.1, -0.05) is 51.4 Å². The fourth-order valence-corrected chi connectivity index (χ4v) is 5.74. The van der Waals surface area contributed by atoms with Gasteiger partial charge in [0.05, 0.1) is 14.0 Å². The molecule has 1 fully saturated rings. The molecule has 0 amide bonds. The summed E-state index contributed by atoms with van der Waals surface area (Å²) < 4.78 is 5.83. The quantitative estimate of drug-likeness (QED) is 0.441. The molecule has 20 heavy (non-hydrogen) atoms. The standard InChI is InChI=1S/C17H26O2Si/c1-7-11(3)14-15-12(8-2)9-10-13(20(4,5)6)16(15)19-17(14)18/h7-9,11,13-16H,1-2,10H2,3-6H3/t11?,13-,14-,15-,16-/m0/s1. The van der Waals surface area contributed by atoms with Gasteiger partial charge in [0.2, 0.25) is 0 Å². The Morgan fingerprint density at radius 2 is 2.05 bits per heavy atom. The summed E-state index contributed by atoms with van der Waals surface area (Å²) >= 11 is 0. The smallest absolute Gasteiger partial charge is 0.310 e. The van der Waals surface area contributed by atoms with Crippen LogP contribution < -0.4 is 0 Å². The van der Waals surface area contributed by atoms with Gasteiger partial charge in [0.15, 0.2) is 0 Å². The molecule has 0 N–H and O–H groups in total. The maximum Gasteiger partial charge on any atom is 0.310 e. The molecule has 110 valence electrons. The Bertz CT molecular complexity index is 458. The van der Waals surface area contributed by atoms with Crippen LogP contribution in [0.25, 0.3) is 0 Å². The fraction of sp³-hybridized carbons (Fsp3) is 0.588. The summed E-state index contributed by atoms with van der Waals surface area (Å²) in [5.74, 6) is 0.158. The molecule has 2 rings (SSSR count). The monoisotopic (exact) mass is 290 g/mol. The number of carbonyl (C=O) groups is 1. The van der Waals surface area contributed by atoms with E-state index in [0.29, 0.717) is 5.54 Å². The van der Waals surface area contributed by atoms with Crippen LogP contribution in [0, 0.1) is 17.8 Å². The molecule has 2 nitrogen and oxygen atoms in total. The van der Waals surface area contributed by atoms with Crippen molar-refractivity contribution in [1.29, 1.82) is 0 Å². The Kier molecular flexibility index (Phi) is 4.10. The topological polar surface area (TPSA) is 26.3 Å². The maximum atomic E-state index is 12.4. The van der Waals surface area contributed by atoms with Crippen LogP contribution in [-0.2, 0) is 9.53 Å². The van der Waals surface area contributed by atoms with Gasteiger partial charge in [-0.2, -0.15) is 0 Å². The summed E-state index contributed by atoms with van der Waals surface area (Å²) in [7, 11) is -1.37. The second kappa shape index (κ2) is 5.36. The van der Waals surface area contributed by atoms with E-state index in [9.17, 15) is 4.79 Å². The normalized spacial score (nSPS) is 34.8. The zero-order chi connectivity index (χ0) is 15.1. The van der Waals surface area contributed by atoms with Gasteiger partial charge in [0, 0.05) is 5.92 Å². The third-order valence-corrected chi connectivity index (χ3v) is 7.73. The molecular formula is C17H26O2Si. The lowest BCUT2D eigenvalue weighted by Crippen LogP contribution is -2.42. The Hall–Kier alpha value is -1.09. The highest BCUT2D eigenvalue weighted by atomic mass is 28.3. The largest absolute Gasteiger partial charge is 0.461 e. The maximum absolute atomic E-state index is 12.4. The summed E-state index contributed by atoms with van der Waals surface area (Å²) in [6, 6.07) is 0. The number of esters is 1. The summed E-state index contributed by atoms with van der Waals surface area (Å²) in [6.45, 7) is 16.9. The number of hydrogen-bond donors (Lipinski definition) is 0. The van der Waals surface area contributed by atoms with Crippen molar-refractivity contribution in [3.05, 3.63) is 37.0 Å². The third-order valence-electron chi connectivity index (χ3n) is 4.94. The van der Waals surface area contributed by atoms with Crippen LogP contribution in [0.1, 0.15) is 13.3 Å². The minimum absolute atomic E-state index is 0.0413. The van der Waals surface area contributed by atoms with Crippen molar-refractivity contribution in [3.8, 4) is 0 Å². The molecule has 5 atom stereocenters. The van der Waals surface area contributed by atoms with Gasteiger partial charge in [-0.3, -0.25) is 4.79 Å². The van der Waals surface area contributed by atoms with Crippen molar-refractivity contribution in [3.63, 3.8) is 0 Å². The minimum atomic E-state index is -1.37. The minimum Gasteiger partial charge on any atom is -0.461 e. The first-order valence-electron chi connectivity index (χ1n) is 7.46. The van der Waals surface area contributed by atoms with E-state index in [1.807, 2.05) is 12.2 Å². The second-order valence-corrected chi connectivity index (χ2v) is 12.6. The van der Waals surface area contributed by atoms with Crippen LogP contribution in [0.2, 0.25) is 25.2 Å². The summed E-state index contributed by atoms with van der Waals surface area (Å²) in [5.41, 5.74) is 1.69. The van der Waals surface area contributed by atoms with Crippen molar-refractivity contribution in [2.24, 2.45) is 17.8 Å². The zero-order valence-corrected chi connectivity index (χ0v) is 14.1. The van der Waals surface area contributed by atoms with Gasteiger partial charge < -0.3 is 4.74 Å². The lowest BCUT2D eigenvalue weighted by molar-refractivity contribution is -0.145. The Morgan fingerprint density at radius 1 is 1.40 bits per heavy atom. The Labute approximate surface area is 123 Å². The number of allylic oxidation sites excluding steroid dienone is 3. The number of hydrogen-bond acceptors (Lipinski definition) is 2. The first kappa shape index (κ1) is 15.3. The molecule has 1 saturated heterocycles. The van der Waals surface area contributed by atoms with Gasteiger partial charge in [0.1, 0.15) is 6.10 Å². The highest BCUT2D eigenvalue weighted by molar-refractivity contribution is 6.77. The molecule has 1 unspecified atom stereocenters. The van der Waals surface area contributed by atoms with Gasteiger partial charge in [-0.25, -0.2) is 0 Å². The highest BCUT2D eigenvalue weighted by Gasteiger charge is 2.54. The fourth-order valence-electron chi connectivity index (χ4n) is 3.65. The van der Waals surface area contributed by atoms with Crippen molar-refractivity contribution in [2.45, 2.75) is 44.6 Å². The molecule has 1 heterocycles. The third kappa shape index (κ3) is 2.44. The van der Waals surface area contributed by atoms with E-state index in [0.717, 1.165) is 6.42 Å². The van der Waals surface area contributed by atoms with Crippen LogP contribution in [0.3, 0.4) is 0 Å². The average Bonchev–Trinajstić information content (AvgIpc) is 2.72. The van der Waals surface area contributed by atoms with Crippen molar-refractivity contribution < 1.29 is 9.53 Å². The summed E-state index contributed by atoms with van der Waals surface area (Å²) in [4.78, 5) is 12.4. The van der Waals surface area contributed by atoms with Gasteiger partial charge in [-0.05, 0) is 23.5 Å². The van der Waals surface area contributed by atoms with Gasteiger partial charge in [-0.15, -0.1) is 6.58 Å². The first-order valence-corrected chi connectivity index (χ1v) is 11.0.